The Hall–Kier alpha value is -2.82. The van der Waals surface area contributed by atoms with Crippen molar-refractivity contribution in [1.82, 2.24) is 9.38 Å². The van der Waals surface area contributed by atoms with E-state index in [2.05, 4.69) is 4.98 Å². The lowest BCUT2D eigenvalue weighted by atomic mass is 10.0. The first-order valence-corrected chi connectivity index (χ1v) is 7.70. The molecule has 0 amide bonds. The zero-order valence-corrected chi connectivity index (χ0v) is 13.1. The summed E-state index contributed by atoms with van der Waals surface area (Å²) in [6.07, 6.45) is 7.04. The van der Waals surface area contributed by atoms with Gasteiger partial charge in [-0.1, -0.05) is 31.4 Å². The monoisotopic (exact) mass is 308 g/mol. The minimum Gasteiger partial charge on any atom is -0.398 e. The van der Waals surface area contributed by atoms with Crippen LogP contribution in [0.3, 0.4) is 0 Å². The van der Waals surface area contributed by atoms with Crippen LogP contribution in [0.4, 0.5) is 11.5 Å². The highest BCUT2D eigenvalue weighted by molar-refractivity contribution is 5.84. The third-order valence-corrected chi connectivity index (χ3v) is 3.74. The van der Waals surface area contributed by atoms with Crippen LogP contribution in [0.5, 0.6) is 0 Å². The van der Waals surface area contributed by atoms with Gasteiger partial charge in [-0.3, -0.25) is 9.20 Å². The van der Waals surface area contributed by atoms with Crippen molar-refractivity contribution in [1.29, 1.82) is 0 Å². The summed E-state index contributed by atoms with van der Waals surface area (Å²) in [5.74, 6) is 0.231. The van der Waals surface area contributed by atoms with Crippen molar-refractivity contribution < 1.29 is 4.79 Å². The third-order valence-electron chi connectivity index (χ3n) is 3.74. The van der Waals surface area contributed by atoms with Crippen LogP contribution in [0.1, 0.15) is 35.3 Å². The van der Waals surface area contributed by atoms with Crippen LogP contribution in [0.25, 0.3) is 16.8 Å². The van der Waals surface area contributed by atoms with E-state index in [0.717, 1.165) is 16.7 Å². The first kappa shape index (κ1) is 15.1. The number of nitrogens with zero attached hydrogens (tertiary/aromatic N) is 2. The van der Waals surface area contributed by atoms with Crippen molar-refractivity contribution in [3.63, 3.8) is 0 Å². The highest BCUT2D eigenvalue weighted by atomic mass is 16.1. The Balaban J connectivity index is 0.000000468. The largest absolute Gasteiger partial charge is 0.398 e. The molecule has 23 heavy (non-hydrogen) atoms. The highest BCUT2D eigenvalue weighted by Gasteiger charge is 2.11. The van der Waals surface area contributed by atoms with E-state index in [9.17, 15) is 4.79 Å². The van der Waals surface area contributed by atoms with Crippen molar-refractivity contribution in [3.8, 4) is 11.1 Å². The maximum absolute atomic E-state index is 11.1. The molecule has 1 aliphatic carbocycles. The predicted octanol–water partition coefficient (Wildman–Crippen LogP) is 3.46. The number of nitrogen functional groups attached to an aromatic ring is 2. The van der Waals surface area contributed by atoms with Gasteiger partial charge in [0, 0.05) is 23.0 Å². The molecule has 2 aromatic heterocycles. The number of benzene rings is 1. The Labute approximate surface area is 134 Å². The highest BCUT2D eigenvalue weighted by Crippen LogP contribution is 2.30. The number of aromatic nitrogens is 2. The van der Waals surface area contributed by atoms with Gasteiger partial charge < -0.3 is 11.5 Å². The Bertz CT molecular complexity index is 842. The first-order valence-electron chi connectivity index (χ1n) is 7.70. The Morgan fingerprint density at radius 2 is 1.87 bits per heavy atom. The number of pyridine rings is 1. The van der Waals surface area contributed by atoms with E-state index in [4.69, 9.17) is 11.5 Å². The molecule has 4 rings (SSSR count). The molecule has 0 aliphatic heterocycles. The molecule has 118 valence electrons. The van der Waals surface area contributed by atoms with Gasteiger partial charge in [0.25, 0.3) is 0 Å². The van der Waals surface area contributed by atoms with Crippen LogP contribution < -0.4 is 11.5 Å². The number of aryl methyl sites for hydroxylation is 1. The summed E-state index contributed by atoms with van der Waals surface area (Å²) in [6, 6.07) is 9.52. The molecule has 5 heteroatoms. The smallest absolute Gasteiger partial charge is 0.170 e. The van der Waals surface area contributed by atoms with Crippen LogP contribution in [0, 0.1) is 6.92 Å². The maximum atomic E-state index is 11.1. The molecule has 3 aromatic rings. The summed E-state index contributed by atoms with van der Waals surface area (Å²) >= 11 is 0. The zero-order chi connectivity index (χ0) is 16.4. The molecule has 0 unspecified atom stereocenters. The van der Waals surface area contributed by atoms with Crippen molar-refractivity contribution in [2.75, 3.05) is 11.5 Å². The molecular formula is C18H20N4O. The molecule has 0 atom stereocenters. The summed E-state index contributed by atoms with van der Waals surface area (Å²) in [5, 5.41) is 0. The number of nitrogens with two attached hydrogens (primary N) is 2. The number of imidazole rings is 1. The van der Waals surface area contributed by atoms with Gasteiger partial charge in [0.15, 0.2) is 12.1 Å². The molecule has 1 aliphatic rings. The van der Waals surface area contributed by atoms with E-state index in [1.807, 2.05) is 43.5 Å². The van der Waals surface area contributed by atoms with E-state index < -0.39 is 0 Å². The van der Waals surface area contributed by atoms with E-state index in [1.165, 1.54) is 19.3 Å². The van der Waals surface area contributed by atoms with Crippen molar-refractivity contribution in [2.45, 2.75) is 26.2 Å². The lowest BCUT2D eigenvalue weighted by molar-refractivity contribution is 0.111. The van der Waals surface area contributed by atoms with Gasteiger partial charge in [0.2, 0.25) is 0 Å². The van der Waals surface area contributed by atoms with Crippen LogP contribution >= 0.6 is 0 Å². The molecule has 1 saturated carbocycles. The van der Waals surface area contributed by atoms with Gasteiger partial charge in [0.1, 0.15) is 11.3 Å². The first-order chi connectivity index (χ1) is 11.1. The Kier molecular flexibility index (Phi) is 4.02. The summed E-state index contributed by atoms with van der Waals surface area (Å²) in [4.78, 5) is 15.3. The summed E-state index contributed by atoms with van der Waals surface area (Å²) in [6.45, 7) is 2.00. The fourth-order valence-corrected chi connectivity index (χ4v) is 2.43. The van der Waals surface area contributed by atoms with Crippen LogP contribution in [0.2, 0.25) is 0 Å². The van der Waals surface area contributed by atoms with E-state index in [-0.39, 0.29) is 5.82 Å². The zero-order valence-electron chi connectivity index (χ0n) is 13.1. The second-order valence-corrected chi connectivity index (χ2v) is 5.75. The normalized spacial score (nSPS) is 12.6. The Morgan fingerprint density at radius 1 is 1.13 bits per heavy atom. The Morgan fingerprint density at radius 3 is 2.48 bits per heavy atom. The lowest BCUT2D eigenvalue weighted by Crippen LogP contribution is -1.97. The molecule has 1 aromatic carbocycles. The summed E-state index contributed by atoms with van der Waals surface area (Å²) in [5.41, 5.74) is 16.4. The second-order valence-electron chi connectivity index (χ2n) is 5.75. The topological polar surface area (TPSA) is 86.4 Å². The molecular weight excluding hydrogens is 288 g/mol. The molecule has 4 N–H and O–H groups in total. The number of carbonyl (C=O) groups is 1. The number of anilines is 2. The SMILES string of the molecule is C1CC1.Cc1cccc(N)c1-c1ccc2nc(N)c(C=O)n2c1. The van der Waals surface area contributed by atoms with Crippen molar-refractivity contribution in [3.05, 3.63) is 47.8 Å². The van der Waals surface area contributed by atoms with Gasteiger partial charge in [0.05, 0.1) is 0 Å². The van der Waals surface area contributed by atoms with Crippen LogP contribution in [-0.2, 0) is 0 Å². The van der Waals surface area contributed by atoms with Gasteiger partial charge in [-0.15, -0.1) is 0 Å². The fraction of sp³-hybridized carbons (Fsp3) is 0.222. The van der Waals surface area contributed by atoms with Gasteiger partial charge in [-0.2, -0.15) is 0 Å². The van der Waals surface area contributed by atoms with E-state index in [1.54, 1.807) is 4.40 Å². The number of rotatable bonds is 2. The summed E-state index contributed by atoms with van der Waals surface area (Å²) < 4.78 is 1.68. The molecule has 0 radical (unpaired) electrons. The average molecular weight is 308 g/mol. The minimum atomic E-state index is 0.231. The molecule has 0 saturated heterocycles. The van der Waals surface area contributed by atoms with E-state index >= 15 is 0 Å². The van der Waals surface area contributed by atoms with Crippen molar-refractivity contribution >= 4 is 23.4 Å². The number of hydrogen-bond donors (Lipinski definition) is 2. The van der Waals surface area contributed by atoms with Crippen LogP contribution in [0.15, 0.2) is 36.5 Å². The van der Waals surface area contributed by atoms with Crippen molar-refractivity contribution in [2.24, 2.45) is 0 Å². The quantitative estimate of drug-likeness (QED) is 0.560. The number of hydrogen-bond acceptors (Lipinski definition) is 4. The number of carbonyl (C=O) groups excluding carboxylic acids is 1. The minimum absolute atomic E-state index is 0.231. The molecule has 5 nitrogen and oxygen atoms in total. The van der Waals surface area contributed by atoms with Gasteiger partial charge >= 0.3 is 0 Å². The second kappa shape index (κ2) is 6.12. The molecule has 0 spiro atoms. The molecule has 1 fully saturated rings. The van der Waals surface area contributed by atoms with Gasteiger partial charge in [-0.05, 0) is 30.7 Å². The van der Waals surface area contributed by atoms with Gasteiger partial charge in [-0.25, -0.2) is 4.98 Å². The number of aldehydes is 1. The maximum Gasteiger partial charge on any atom is 0.170 e. The fourth-order valence-electron chi connectivity index (χ4n) is 2.43. The average Bonchev–Trinajstić information content (AvgIpc) is 3.36. The molecule has 0 bridgehead atoms. The summed E-state index contributed by atoms with van der Waals surface area (Å²) in [7, 11) is 0. The van der Waals surface area contributed by atoms with Crippen LogP contribution in [-0.4, -0.2) is 15.7 Å². The third kappa shape index (κ3) is 3.04. The molecule has 2 heterocycles. The lowest BCUT2D eigenvalue weighted by Gasteiger charge is -2.10. The van der Waals surface area contributed by atoms with E-state index in [0.29, 0.717) is 23.3 Å². The number of fused-ring (bicyclic) bond motifs is 1. The standard InChI is InChI=1S/C15H14N4O.C3H6/c1-9-3-2-4-11(16)14(9)10-5-6-13-18-15(17)12(8-20)19(13)7-10;1-2-3-1/h2-8H,16-17H2,1H3;1-3H2. The predicted molar refractivity (Wildman–Crippen MR) is 93.4 cm³/mol.